The largest absolute Gasteiger partial charge is 0.436 e. The van der Waals surface area contributed by atoms with Gasteiger partial charge in [0.25, 0.3) is 0 Å². The summed E-state index contributed by atoms with van der Waals surface area (Å²) in [7, 11) is 0. The van der Waals surface area contributed by atoms with Crippen molar-refractivity contribution in [2.45, 2.75) is 6.92 Å². The average Bonchev–Trinajstić information content (AvgIpc) is 3.18. The maximum Gasteiger partial charge on any atom is 0.246 e. The van der Waals surface area contributed by atoms with Crippen molar-refractivity contribution >= 4 is 39.5 Å². The fourth-order valence-electron chi connectivity index (χ4n) is 3.44. The molecule has 0 aliphatic carbocycles. The molecule has 5 rings (SSSR count). The second-order valence-corrected chi connectivity index (χ2v) is 8.15. The lowest BCUT2D eigenvalue weighted by atomic mass is 10.0. The summed E-state index contributed by atoms with van der Waals surface area (Å²) in [4.78, 5) is 14.0. The second-order valence-electron chi connectivity index (χ2n) is 7.21. The van der Waals surface area contributed by atoms with Gasteiger partial charge in [-0.3, -0.25) is 9.69 Å². The van der Waals surface area contributed by atoms with Crippen LogP contribution in [0.1, 0.15) is 5.56 Å². The van der Waals surface area contributed by atoms with E-state index in [9.17, 15) is 4.79 Å². The van der Waals surface area contributed by atoms with Crippen molar-refractivity contribution in [3.8, 4) is 11.1 Å². The minimum absolute atomic E-state index is 0.0145. The van der Waals surface area contributed by atoms with Gasteiger partial charge >= 0.3 is 0 Å². The normalized spacial score (nSPS) is 15.9. The molecule has 1 aliphatic heterocycles. The Kier molecular flexibility index (Phi) is 5.14. The number of nitrogens with zero attached hydrogens (tertiary/aromatic N) is 3. The number of anilines is 1. The molecule has 0 saturated carbocycles. The number of carbonyl (C=O) groups excluding carboxylic acids is 1. The van der Waals surface area contributed by atoms with E-state index in [1.54, 1.807) is 4.90 Å². The molecule has 0 bridgehead atoms. The zero-order valence-electron chi connectivity index (χ0n) is 16.9. The minimum atomic E-state index is -0.0145. The number of amidine groups is 1. The molecule has 1 saturated heterocycles. The molecule has 1 aliphatic rings. The van der Waals surface area contributed by atoms with Crippen molar-refractivity contribution in [1.29, 1.82) is 0 Å². The number of hydrogen-bond donors (Lipinski definition) is 0. The van der Waals surface area contributed by atoms with Crippen molar-refractivity contribution in [1.82, 2.24) is 0 Å². The zero-order chi connectivity index (χ0) is 21.2. The Bertz CT molecular complexity index is 1360. The summed E-state index contributed by atoms with van der Waals surface area (Å²) in [5.41, 5.74) is 4.94. The van der Waals surface area contributed by atoms with E-state index < -0.39 is 0 Å². The fourth-order valence-corrected chi connectivity index (χ4v) is 4.26. The highest BCUT2D eigenvalue weighted by molar-refractivity contribution is 8.15. The molecule has 31 heavy (non-hydrogen) atoms. The Morgan fingerprint density at radius 1 is 0.903 bits per heavy atom. The standard InChI is InChI=1S/C25H19N3O2S/c1-17-11-13-18(14-12-17)21-15-19-7-5-6-10-22(19)30-24(21)26-27-25-28(23(29)16-31-25)20-8-3-2-4-9-20/h2-15H,16H2,1H3/b26-24+,27-25+. The van der Waals surface area contributed by atoms with Crippen LogP contribution in [0, 0.1) is 6.92 Å². The van der Waals surface area contributed by atoms with Crippen LogP contribution in [0.25, 0.3) is 22.1 Å². The van der Waals surface area contributed by atoms with Crippen LogP contribution in [0.3, 0.4) is 0 Å². The number of aryl methyl sites for hydroxylation is 1. The summed E-state index contributed by atoms with van der Waals surface area (Å²) in [5, 5.41) is 10.4. The molecule has 152 valence electrons. The summed E-state index contributed by atoms with van der Waals surface area (Å²) in [6.45, 7) is 2.05. The quantitative estimate of drug-likeness (QED) is 0.415. The number of rotatable bonds is 3. The molecule has 0 N–H and O–H groups in total. The summed E-state index contributed by atoms with van der Waals surface area (Å²) < 4.78 is 6.12. The van der Waals surface area contributed by atoms with E-state index in [1.165, 1.54) is 17.3 Å². The van der Waals surface area contributed by atoms with E-state index >= 15 is 0 Å². The molecular formula is C25H19N3O2S. The second kappa shape index (κ2) is 8.24. The third-order valence-corrected chi connectivity index (χ3v) is 5.94. The highest BCUT2D eigenvalue weighted by Gasteiger charge is 2.29. The first-order valence-electron chi connectivity index (χ1n) is 9.91. The summed E-state index contributed by atoms with van der Waals surface area (Å²) in [5.74, 6) is 0.322. The minimum Gasteiger partial charge on any atom is -0.436 e. The number of hydrogen-bond acceptors (Lipinski definition) is 5. The first-order valence-corrected chi connectivity index (χ1v) is 10.9. The molecular weight excluding hydrogens is 406 g/mol. The molecule has 6 heteroatoms. The van der Waals surface area contributed by atoms with Gasteiger partial charge in [0, 0.05) is 10.9 Å². The van der Waals surface area contributed by atoms with Crippen molar-refractivity contribution < 1.29 is 9.21 Å². The van der Waals surface area contributed by atoms with Gasteiger partial charge in [0.05, 0.1) is 11.4 Å². The van der Waals surface area contributed by atoms with E-state index in [2.05, 4.69) is 35.3 Å². The average molecular weight is 426 g/mol. The van der Waals surface area contributed by atoms with Gasteiger partial charge in [0.1, 0.15) is 5.58 Å². The van der Waals surface area contributed by atoms with E-state index in [0.717, 1.165) is 27.8 Å². The fraction of sp³-hybridized carbons (Fsp3) is 0.0800. The number of amides is 1. The van der Waals surface area contributed by atoms with E-state index in [-0.39, 0.29) is 5.91 Å². The van der Waals surface area contributed by atoms with Crippen molar-refractivity contribution in [2.75, 3.05) is 10.7 Å². The summed E-state index contributed by atoms with van der Waals surface area (Å²) >= 11 is 1.37. The lowest BCUT2D eigenvalue weighted by molar-refractivity contribution is -0.115. The van der Waals surface area contributed by atoms with Crippen LogP contribution < -0.4 is 10.5 Å². The Labute approximate surface area is 183 Å². The molecule has 1 aromatic heterocycles. The van der Waals surface area contributed by atoms with E-state index in [1.807, 2.05) is 66.7 Å². The van der Waals surface area contributed by atoms with Crippen LogP contribution in [0.4, 0.5) is 5.69 Å². The van der Waals surface area contributed by atoms with Crippen LogP contribution in [0.2, 0.25) is 0 Å². The van der Waals surface area contributed by atoms with Crippen LogP contribution in [-0.2, 0) is 4.79 Å². The Morgan fingerprint density at radius 3 is 2.45 bits per heavy atom. The van der Waals surface area contributed by atoms with Crippen LogP contribution in [0.5, 0.6) is 0 Å². The summed E-state index contributed by atoms with van der Waals surface area (Å²) in [6.07, 6.45) is 0. The number of thioether (sulfide) groups is 1. The Morgan fingerprint density at radius 2 is 1.65 bits per heavy atom. The molecule has 0 unspecified atom stereocenters. The number of para-hydroxylation sites is 2. The Balaban J connectivity index is 1.65. The van der Waals surface area contributed by atoms with Crippen LogP contribution >= 0.6 is 11.8 Å². The zero-order valence-corrected chi connectivity index (χ0v) is 17.7. The van der Waals surface area contributed by atoms with E-state index in [0.29, 0.717) is 16.5 Å². The SMILES string of the molecule is Cc1ccc(-c2cc3ccccc3o/c2=N/N=C2/SCC(=O)N2c2ccccc2)cc1. The highest BCUT2D eigenvalue weighted by atomic mass is 32.2. The molecule has 1 fully saturated rings. The van der Waals surface area contributed by atoms with Gasteiger partial charge in [0.2, 0.25) is 11.5 Å². The smallest absolute Gasteiger partial charge is 0.246 e. The van der Waals surface area contributed by atoms with Crippen LogP contribution in [0.15, 0.2) is 99.5 Å². The predicted molar refractivity (Wildman–Crippen MR) is 126 cm³/mol. The Hall–Kier alpha value is -3.64. The van der Waals surface area contributed by atoms with Crippen LogP contribution in [-0.4, -0.2) is 16.8 Å². The van der Waals surface area contributed by atoms with Gasteiger partial charge in [-0.15, -0.1) is 10.2 Å². The lowest BCUT2D eigenvalue weighted by Crippen LogP contribution is -2.29. The van der Waals surface area contributed by atoms with Gasteiger partial charge in [-0.2, -0.15) is 0 Å². The number of carbonyl (C=O) groups is 1. The maximum atomic E-state index is 12.5. The van der Waals surface area contributed by atoms with Crippen molar-refractivity contribution in [2.24, 2.45) is 10.2 Å². The predicted octanol–water partition coefficient (Wildman–Crippen LogP) is 5.36. The number of fused-ring (bicyclic) bond motifs is 1. The molecule has 2 heterocycles. The lowest BCUT2D eigenvalue weighted by Gasteiger charge is -2.14. The van der Waals surface area contributed by atoms with Gasteiger partial charge in [-0.25, -0.2) is 0 Å². The van der Waals surface area contributed by atoms with Crippen molar-refractivity contribution in [3.05, 3.63) is 96.0 Å². The topological polar surface area (TPSA) is 58.2 Å². The summed E-state index contributed by atoms with van der Waals surface area (Å²) in [6, 6.07) is 27.6. The molecule has 0 spiro atoms. The molecule has 4 aromatic rings. The highest BCUT2D eigenvalue weighted by Crippen LogP contribution is 2.27. The van der Waals surface area contributed by atoms with E-state index in [4.69, 9.17) is 4.42 Å². The monoisotopic (exact) mass is 425 g/mol. The molecule has 0 radical (unpaired) electrons. The van der Waals surface area contributed by atoms with Gasteiger partial charge < -0.3 is 4.42 Å². The first-order chi connectivity index (χ1) is 15.2. The van der Waals surface area contributed by atoms with Gasteiger partial charge in [0.15, 0.2) is 5.17 Å². The third-order valence-electron chi connectivity index (χ3n) is 5.02. The third kappa shape index (κ3) is 3.90. The van der Waals surface area contributed by atoms with Gasteiger partial charge in [-0.1, -0.05) is 78.0 Å². The number of benzene rings is 3. The van der Waals surface area contributed by atoms with Gasteiger partial charge in [-0.05, 0) is 36.8 Å². The van der Waals surface area contributed by atoms with Crippen molar-refractivity contribution in [3.63, 3.8) is 0 Å². The molecule has 1 amide bonds. The maximum absolute atomic E-state index is 12.5. The molecule has 5 nitrogen and oxygen atoms in total. The molecule has 0 atom stereocenters. The first kappa shape index (κ1) is 19.3. The molecule has 3 aromatic carbocycles.